The molecule has 0 saturated heterocycles. The third-order valence-corrected chi connectivity index (χ3v) is 23.9. The van der Waals surface area contributed by atoms with Gasteiger partial charge in [-0.2, -0.15) is 0 Å². The molecular formula is C102H76N2. The zero-order valence-corrected chi connectivity index (χ0v) is 59.6. The van der Waals surface area contributed by atoms with Gasteiger partial charge in [-0.1, -0.05) is 284 Å². The van der Waals surface area contributed by atoms with Gasteiger partial charge < -0.3 is 9.80 Å². The van der Waals surface area contributed by atoms with Gasteiger partial charge in [-0.3, -0.25) is 0 Å². The second kappa shape index (κ2) is 23.1. The van der Waals surface area contributed by atoms with Crippen molar-refractivity contribution in [2.75, 3.05) is 9.80 Å². The fraction of sp³-hybridized carbons (Fsp3) is 0.0980. The van der Waals surface area contributed by atoms with Gasteiger partial charge in [0.05, 0.1) is 0 Å². The SMILES string of the molecule is Cc1ccc(N(c2ccc(-c3ccc4c(c3)C(C)(C)c3ccccc3-4)cc2)c2ccc3c(-c4ccc5ccccc5c4)c4cc(N(c5ccc(-c6ccc7c(c6)C(C)(C)c6ccccc6-7)cc5)c5ccc6ccccc6c5)ccc4c(-c4ccc5c(c4)C(C)(C)c4cccc6cccc-5c46)c3c2)cc1. The molecule has 0 aliphatic heterocycles. The second-order valence-electron chi connectivity index (χ2n) is 30.9. The number of fused-ring (bicyclic) bond motifs is 12. The molecule has 17 aromatic carbocycles. The average molecular weight is 1330 g/mol. The van der Waals surface area contributed by atoms with Gasteiger partial charge in [-0.25, -0.2) is 0 Å². The van der Waals surface area contributed by atoms with E-state index in [2.05, 4.69) is 392 Å². The van der Waals surface area contributed by atoms with Crippen molar-refractivity contribution in [2.24, 2.45) is 0 Å². The predicted molar refractivity (Wildman–Crippen MR) is 443 cm³/mol. The Hall–Kier alpha value is -12.4. The lowest BCUT2D eigenvalue weighted by Crippen LogP contribution is -2.23. The number of benzene rings is 17. The van der Waals surface area contributed by atoms with E-state index in [-0.39, 0.29) is 16.2 Å². The van der Waals surface area contributed by atoms with E-state index < -0.39 is 0 Å². The van der Waals surface area contributed by atoms with Gasteiger partial charge in [0.1, 0.15) is 0 Å². The van der Waals surface area contributed by atoms with E-state index in [1.807, 2.05) is 0 Å². The van der Waals surface area contributed by atoms with Crippen LogP contribution < -0.4 is 9.80 Å². The molecule has 0 fully saturated rings. The summed E-state index contributed by atoms with van der Waals surface area (Å²) in [5.41, 5.74) is 32.9. The largest absolute Gasteiger partial charge is 0.310 e. The maximum Gasteiger partial charge on any atom is 0.0468 e. The van der Waals surface area contributed by atoms with Crippen LogP contribution in [0.5, 0.6) is 0 Å². The molecule has 0 spiro atoms. The van der Waals surface area contributed by atoms with Crippen molar-refractivity contribution in [3.8, 4) is 77.9 Å². The number of hydrogen-bond donors (Lipinski definition) is 0. The molecule has 17 aromatic rings. The van der Waals surface area contributed by atoms with E-state index in [0.29, 0.717) is 0 Å². The molecule has 0 aromatic heterocycles. The first-order valence-electron chi connectivity index (χ1n) is 36.8. The van der Waals surface area contributed by atoms with E-state index in [1.54, 1.807) is 0 Å². The lowest BCUT2D eigenvalue weighted by atomic mass is 9.68. The molecule has 20 rings (SSSR count). The molecular weight excluding hydrogens is 1250 g/mol. The number of anilines is 6. The molecule has 0 heterocycles. The molecule has 0 bridgehead atoms. The van der Waals surface area contributed by atoms with Gasteiger partial charge in [0.25, 0.3) is 0 Å². The van der Waals surface area contributed by atoms with Crippen LogP contribution in [-0.2, 0) is 16.2 Å². The Bertz CT molecular complexity index is 6440. The number of aryl methyl sites for hydroxylation is 1. The first-order chi connectivity index (χ1) is 50.7. The van der Waals surface area contributed by atoms with Gasteiger partial charge in [0.2, 0.25) is 0 Å². The van der Waals surface area contributed by atoms with E-state index in [9.17, 15) is 0 Å². The zero-order chi connectivity index (χ0) is 69.9. The lowest BCUT2D eigenvalue weighted by molar-refractivity contribution is 0.645. The number of rotatable bonds is 10. The lowest BCUT2D eigenvalue weighted by Gasteiger charge is -2.35. The molecule has 0 N–H and O–H groups in total. The van der Waals surface area contributed by atoms with E-state index in [1.165, 1.54) is 171 Å². The van der Waals surface area contributed by atoms with Gasteiger partial charge in [-0.05, 0) is 269 Å². The first kappa shape index (κ1) is 61.5. The summed E-state index contributed by atoms with van der Waals surface area (Å²) in [6.07, 6.45) is 0. The Morgan fingerprint density at radius 3 is 1.09 bits per heavy atom. The van der Waals surface area contributed by atoms with Gasteiger partial charge >= 0.3 is 0 Å². The van der Waals surface area contributed by atoms with Crippen molar-refractivity contribution in [3.63, 3.8) is 0 Å². The molecule has 3 aliphatic rings. The molecule has 3 aliphatic carbocycles. The Kier molecular flexibility index (Phi) is 13.6. The monoisotopic (exact) mass is 1330 g/mol. The van der Waals surface area contributed by atoms with Crippen LogP contribution in [0.2, 0.25) is 0 Å². The van der Waals surface area contributed by atoms with Crippen molar-refractivity contribution >= 4 is 88.0 Å². The first-order valence-corrected chi connectivity index (χ1v) is 36.8. The molecule has 0 radical (unpaired) electrons. The fourth-order valence-electron chi connectivity index (χ4n) is 18.4. The summed E-state index contributed by atoms with van der Waals surface area (Å²) in [4.78, 5) is 4.94. The molecule has 0 amide bonds. The Labute approximate surface area is 609 Å². The van der Waals surface area contributed by atoms with Crippen molar-refractivity contribution in [1.82, 2.24) is 0 Å². The standard InChI is InChI=1S/C102H76N2/c1-63-30-42-75(43-31-63)103(76-44-34-66(35-45-76)71-39-51-83-81-24-12-14-27-91(81)100(2,3)94(83)58-71)79-49-54-87-90(61-79)98(74-41-53-85-86-26-16-22-68-23-17-29-93(99(68)86)102(6,7)96(85)60-74)88-55-50-80(62-89(88)97(87)73-33-32-64-18-8-10-20-69(64)56-73)104(78-48-38-65-19-9-11-21-70(65)57-78)77-46-36-67(37-47-77)72-40-52-84-82-25-13-15-28-92(82)101(4,5)95(84)59-72/h8-62H,1-7H3. The predicted octanol–water partition coefficient (Wildman–Crippen LogP) is 28.3. The van der Waals surface area contributed by atoms with Crippen molar-refractivity contribution in [1.29, 1.82) is 0 Å². The van der Waals surface area contributed by atoms with Gasteiger partial charge in [-0.15, -0.1) is 0 Å². The van der Waals surface area contributed by atoms with Gasteiger partial charge in [0.15, 0.2) is 0 Å². The van der Waals surface area contributed by atoms with Crippen LogP contribution in [0.15, 0.2) is 334 Å². The fourth-order valence-corrected chi connectivity index (χ4v) is 18.4. The topological polar surface area (TPSA) is 6.48 Å². The van der Waals surface area contributed by atoms with Gasteiger partial charge in [0, 0.05) is 50.4 Å². The third kappa shape index (κ3) is 9.48. The number of hydrogen-bond acceptors (Lipinski definition) is 2. The summed E-state index contributed by atoms with van der Waals surface area (Å²) >= 11 is 0. The Morgan fingerprint density at radius 1 is 0.202 bits per heavy atom. The van der Waals surface area contributed by atoms with Crippen LogP contribution in [0, 0.1) is 6.92 Å². The quantitative estimate of drug-likeness (QED) is 0.126. The minimum atomic E-state index is -0.303. The average Bonchev–Trinajstić information content (AvgIpc) is 1.02. The van der Waals surface area contributed by atoms with Crippen LogP contribution in [0.4, 0.5) is 34.1 Å². The van der Waals surface area contributed by atoms with E-state index in [4.69, 9.17) is 0 Å². The molecule has 0 atom stereocenters. The highest BCUT2D eigenvalue weighted by Crippen LogP contribution is 2.56. The molecule has 104 heavy (non-hydrogen) atoms. The minimum Gasteiger partial charge on any atom is -0.310 e. The molecule has 494 valence electrons. The Morgan fingerprint density at radius 2 is 0.538 bits per heavy atom. The van der Waals surface area contributed by atoms with Crippen LogP contribution in [0.1, 0.15) is 80.5 Å². The second-order valence-corrected chi connectivity index (χ2v) is 30.9. The maximum absolute atomic E-state index is 2.55. The summed E-state index contributed by atoms with van der Waals surface area (Å²) in [5, 5.41) is 12.2. The van der Waals surface area contributed by atoms with E-state index in [0.717, 1.165) is 34.1 Å². The highest BCUT2D eigenvalue weighted by Gasteiger charge is 2.38. The van der Waals surface area contributed by atoms with Crippen LogP contribution in [0.25, 0.3) is 132 Å². The highest BCUT2D eigenvalue weighted by atomic mass is 15.1. The molecule has 2 nitrogen and oxygen atoms in total. The van der Waals surface area contributed by atoms with Crippen LogP contribution in [0.3, 0.4) is 0 Å². The highest BCUT2D eigenvalue weighted by molar-refractivity contribution is 6.23. The van der Waals surface area contributed by atoms with Crippen molar-refractivity contribution < 1.29 is 0 Å². The van der Waals surface area contributed by atoms with E-state index >= 15 is 0 Å². The summed E-state index contributed by atoms with van der Waals surface area (Å²) in [5.74, 6) is 0. The molecule has 2 heteroatoms. The van der Waals surface area contributed by atoms with Crippen molar-refractivity contribution in [2.45, 2.75) is 64.7 Å². The summed E-state index contributed by atoms with van der Waals surface area (Å²) in [7, 11) is 0. The maximum atomic E-state index is 2.55. The van der Waals surface area contributed by atoms with Crippen LogP contribution >= 0.6 is 0 Å². The number of nitrogens with zero attached hydrogens (tertiary/aromatic N) is 2. The zero-order valence-electron chi connectivity index (χ0n) is 59.6. The molecule has 0 saturated carbocycles. The third-order valence-electron chi connectivity index (χ3n) is 23.9. The summed E-state index contributed by atoms with van der Waals surface area (Å²) < 4.78 is 0. The normalized spacial score (nSPS) is 14.0. The summed E-state index contributed by atoms with van der Waals surface area (Å²) in [6.45, 7) is 16.5. The molecule has 0 unspecified atom stereocenters. The smallest absolute Gasteiger partial charge is 0.0468 e. The van der Waals surface area contributed by atoms with Crippen LogP contribution in [-0.4, -0.2) is 0 Å². The van der Waals surface area contributed by atoms with Crippen molar-refractivity contribution in [3.05, 3.63) is 373 Å². The Balaban J connectivity index is 0.811. The summed E-state index contributed by atoms with van der Waals surface area (Å²) in [6, 6.07) is 127. The minimum absolute atomic E-state index is 0.0988.